The molecule has 1 atom stereocenters. The molecule has 0 bridgehead atoms. The van der Waals surface area contributed by atoms with E-state index in [-0.39, 0.29) is 6.04 Å². The molecule has 0 fully saturated rings. The number of hydrogen-bond acceptors (Lipinski definition) is 3. The molecule has 1 N–H and O–H groups in total. The monoisotopic (exact) mass is 238 g/mol. The van der Waals surface area contributed by atoms with Crippen LogP contribution in [-0.4, -0.2) is 11.8 Å². The Morgan fingerprint density at radius 2 is 2.47 bits per heavy atom. The number of thioether (sulfide) groups is 1. The molecule has 0 saturated carbocycles. The van der Waals surface area contributed by atoms with Crippen LogP contribution in [0.5, 0.6) is 0 Å². The summed E-state index contributed by atoms with van der Waals surface area (Å²) in [7, 11) is 0. The van der Waals surface area contributed by atoms with Crippen LogP contribution in [0.15, 0.2) is 17.0 Å². The molecule has 1 aromatic rings. The van der Waals surface area contributed by atoms with Crippen molar-refractivity contribution in [1.29, 1.82) is 5.26 Å². The Kier molecular flexibility index (Phi) is 3.08. The van der Waals surface area contributed by atoms with E-state index in [0.717, 1.165) is 16.5 Å². The van der Waals surface area contributed by atoms with E-state index >= 15 is 0 Å². The highest BCUT2D eigenvalue weighted by molar-refractivity contribution is 7.99. The lowest BCUT2D eigenvalue weighted by atomic mass is 10.2. The van der Waals surface area contributed by atoms with Gasteiger partial charge in [-0.3, -0.25) is 0 Å². The number of benzene rings is 1. The molecule has 78 valence electrons. The zero-order chi connectivity index (χ0) is 10.8. The van der Waals surface area contributed by atoms with Gasteiger partial charge in [0.1, 0.15) is 0 Å². The number of hydrogen-bond donors (Lipinski definition) is 1. The molecular formula is C11H11ClN2S. The Balaban J connectivity index is 2.30. The van der Waals surface area contributed by atoms with Crippen LogP contribution in [0, 0.1) is 18.3 Å². The number of nitrogens with zero attached hydrogens (tertiary/aromatic N) is 1. The highest BCUT2D eigenvalue weighted by Gasteiger charge is 2.20. The van der Waals surface area contributed by atoms with Gasteiger partial charge >= 0.3 is 0 Å². The third-order valence-electron chi connectivity index (χ3n) is 2.32. The van der Waals surface area contributed by atoms with Gasteiger partial charge in [0.05, 0.1) is 23.2 Å². The minimum Gasteiger partial charge on any atom is -0.378 e. The van der Waals surface area contributed by atoms with Crippen molar-refractivity contribution in [3.8, 4) is 6.07 Å². The molecule has 0 radical (unpaired) electrons. The molecule has 1 aromatic carbocycles. The van der Waals surface area contributed by atoms with E-state index in [1.165, 1.54) is 10.5 Å². The zero-order valence-electron chi connectivity index (χ0n) is 8.38. The Bertz CT molecular complexity index is 425. The van der Waals surface area contributed by atoms with Crippen LogP contribution in [0.25, 0.3) is 0 Å². The molecule has 1 heterocycles. The van der Waals surface area contributed by atoms with Crippen LogP contribution in [0.1, 0.15) is 12.0 Å². The molecule has 2 nitrogen and oxygen atoms in total. The zero-order valence-corrected chi connectivity index (χ0v) is 9.95. The molecule has 1 aliphatic heterocycles. The standard InChI is InChI=1S/C11H11ClN2S/c1-7-4-9(12)11-10(5-7)15-6-8(14-11)2-3-13/h4-5,8,14H,2,6H2,1H3. The molecular weight excluding hydrogens is 228 g/mol. The second-order valence-corrected chi connectivity index (χ2v) is 5.10. The van der Waals surface area contributed by atoms with Crippen molar-refractivity contribution >= 4 is 29.1 Å². The number of nitriles is 1. The van der Waals surface area contributed by atoms with Gasteiger partial charge in [0, 0.05) is 16.7 Å². The highest BCUT2D eigenvalue weighted by atomic mass is 35.5. The van der Waals surface area contributed by atoms with Gasteiger partial charge in [-0.25, -0.2) is 0 Å². The van der Waals surface area contributed by atoms with E-state index in [0.29, 0.717) is 6.42 Å². The van der Waals surface area contributed by atoms with Crippen LogP contribution in [0.2, 0.25) is 5.02 Å². The first-order chi connectivity index (χ1) is 7.20. The van der Waals surface area contributed by atoms with Crippen LogP contribution in [0.4, 0.5) is 5.69 Å². The lowest BCUT2D eigenvalue weighted by Crippen LogP contribution is -2.25. The van der Waals surface area contributed by atoms with Crippen LogP contribution >= 0.6 is 23.4 Å². The van der Waals surface area contributed by atoms with E-state index < -0.39 is 0 Å². The summed E-state index contributed by atoms with van der Waals surface area (Å²) in [5, 5.41) is 12.7. The Morgan fingerprint density at radius 3 is 3.20 bits per heavy atom. The molecule has 0 saturated heterocycles. The predicted molar refractivity (Wildman–Crippen MR) is 64.6 cm³/mol. The Labute approximate surface area is 98.6 Å². The average molecular weight is 239 g/mol. The average Bonchev–Trinajstić information content (AvgIpc) is 2.19. The molecule has 2 rings (SSSR count). The van der Waals surface area contributed by atoms with Gasteiger partial charge in [-0.1, -0.05) is 11.6 Å². The molecule has 1 aliphatic rings. The van der Waals surface area contributed by atoms with Crippen molar-refractivity contribution in [1.82, 2.24) is 0 Å². The summed E-state index contributed by atoms with van der Waals surface area (Å²) in [6, 6.07) is 6.47. The second kappa shape index (κ2) is 4.34. The number of nitrogens with one attached hydrogen (secondary N) is 1. The first-order valence-electron chi connectivity index (χ1n) is 4.77. The normalized spacial score (nSPS) is 18.9. The lowest BCUT2D eigenvalue weighted by Gasteiger charge is -2.26. The van der Waals surface area contributed by atoms with Crippen LogP contribution in [0.3, 0.4) is 0 Å². The van der Waals surface area contributed by atoms with Crippen molar-refractivity contribution in [2.45, 2.75) is 24.3 Å². The topological polar surface area (TPSA) is 35.8 Å². The molecule has 0 amide bonds. The minimum absolute atomic E-state index is 0.215. The SMILES string of the molecule is Cc1cc(Cl)c2c(c1)SCC(CC#N)N2. The van der Waals surface area contributed by atoms with Crippen molar-refractivity contribution < 1.29 is 0 Å². The number of aryl methyl sites for hydroxylation is 1. The Morgan fingerprint density at radius 1 is 1.67 bits per heavy atom. The van der Waals surface area contributed by atoms with Gasteiger partial charge in [-0.15, -0.1) is 11.8 Å². The fourth-order valence-corrected chi connectivity index (χ4v) is 3.17. The van der Waals surface area contributed by atoms with Gasteiger partial charge in [0.15, 0.2) is 0 Å². The summed E-state index contributed by atoms with van der Waals surface area (Å²) in [6.45, 7) is 2.04. The smallest absolute Gasteiger partial charge is 0.0670 e. The maximum Gasteiger partial charge on any atom is 0.0670 e. The van der Waals surface area contributed by atoms with Crippen molar-refractivity contribution in [2.75, 3.05) is 11.1 Å². The van der Waals surface area contributed by atoms with E-state index in [1.807, 2.05) is 13.0 Å². The first-order valence-corrected chi connectivity index (χ1v) is 6.13. The van der Waals surface area contributed by atoms with Crippen molar-refractivity contribution in [3.63, 3.8) is 0 Å². The molecule has 0 spiro atoms. The van der Waals surface area contributed by atoms with Gasteiger partial charge in [-0.05, 0) is 24.6 Å². The Hall–Kier alpha value is -0.850. The van der Waals surface area contributed by atoms with Gasteiger partial charge in [-0.2, -0.15) is 5.26 Å². The third kappa shape index (κ3) is 2.22. The van der Waals surface area contributed by atoms with Crippen molar-refractivity contribution in [2.24, 2.45) is 0 Å². The summed E-state index contributed by atoms with van der Waals surface area (Å²) in [4.78, 5) is 1.19. The van der Waals surface area contributed by atoms with Gasteiger partial charge in [0.25, 0.3) is 0 Å². The van der Waals surface area contributed by atoms with Gasteiger partial charge in [0.2, 0.25) is 0 Å². The third-order valence-corrected chi connectivity index (χ3v) is 3.82. The van der Waals surface area contributed by atoms with E-state index in [2.05, 4.69) is 17.5 Å². The molecule has 4 heteroatoms. The second-order valence-electron chi connectivity index (χ2n) is 3.63. The van der Waals surface area contributed by atoms with Crippen LogP contribution < -0.4 is 5.32 Å². The maximum absolute atomic E-state index is 8.65. The fourth-order valence-electron chi connectivity index (χ4n) is 1.62. The molecule has 0 aromatic heterocycles. The number of fused-ring (bicyclic) bond motifs is 1. The quantitative estimate of drug-likeness (QED) is 0.814. The predicted octanol–water partition coefficient (Wildman–Crippen LogP) is 3.45. The maximum atomic E-state index is 8.65. The number of anilines is 1. The summed E-state index contributed by atoms with van der Waals surface area (Å²) in [5.74, 6) is 0.931. The molecule has 1 unspecified atom stereocenters. The minimum atomic E-state index is 0.215. The summed E-state index contributed by atoms with van der Waals surface area (Å²) in [6.07, 6.45) is 0.524. The largest absolute Gasteiger partial charge is 0.378 e. The van der Waals surface area contributed by atoms with Crippen molar-refractivity contribution in [3.05, 3.63) is 22.7 Å². The lowest BCUT2D eigenvalue weighted by molar-refractivity contribution is 0.819. The highest BCUT2D eigenvalue weighted by Crippen LogP contribution is 2.39. The van der Waals surface area contributed by atoms with E-state index in [4.69, 9.17) is 16.9 Å². The van der Waals surface area contributed by atoms with Crippen LogP contribution in [-0.2, 0) is 0 Å². The molecule has 0 aliphatic carbocycles. The summed E-state index contributed by atoms with van der Waals surface area (Å²) >= 11 is 7.92. The van der Waals surface area contributed by atoms with Gasteiger partial charge < -0.3 is 5.32 Å². The van der Waals surface area contributed by atoms with E-state index in [1.54, 1.807) is 11.8 Å². The summed E-state index contributed by atoms with van der Waals surface area (Å²) < 4.78 is 0. The molecule has 15 heavy (non-hydrogen) atoms. The number of halogens is 1. The number of rotatable bonds is 1. The van der Waals surface area contributed by atoms with E-state index in [9.17, 15) is 0 Å². The fraction of sp³-hybridized carbons (Fsp3) is 0.364. The first kappa shape index (κ1) is 10.7. The summed E-state index contributed by atoms with van der Waals surface area (Å²) in [5.41, 5.74) is 2.16.